The van der Waals surface area contributed by atoms with Crippen molar-refractivity contribution >= 4 is 16.7 Å². The normalized spacial score (nSPS) is 11.9. The molecule has 5 nitrogen and oxygen atoms in total. The van der Waals surface area contributed by atoms with Crippen LogP contribution in [-0.2, 0) is 13.0 Å². The standard InChI is InChI=1S/C16H16N4O/c17-16(19-21)14-2-1-13-6-10-20(15(13)11-14)9-5-12-3-7-18-8-4-12/h1-4,6-8,10-11,21H,5,9H2,(H2,17,19). The number of aryl methyl sites for hydroxylation is 2. The van der Waals surface area contributed by atoms with Gasteiger partial charge in [-0.1, -0.05) is 17.3 Å². The van der Waals surface area contributed by atoms with Crippen molar-refractivity contribution in [1.82, 2.24) is 9.55 Å². The van der Waals surface area contributed by atoms with Crippen molar-refractivity contribution in [3.8, 4) is 0 Å². The number of nitrogens with zero attached hydrogens (tertiary/aromatic N) is 3. The van der Waals surface area contributed by atoms with Crippen LogP contribution in [0.25, 0.3) is 10.9 Å². The van der Waals surface area contributed by atoms with Crippen LogP contribution in [0, 0.1) is 0 Å². The molecule has 0 amide bonds. The predicted molar refractivity (Wildman–Crippen MR) is 82.4 cm³/mol. The highest BCUT2D eigenvalue weighted by atomic mass is 16.4. The molecule has 5 heteroatoms. The van der Waals surface area contributed by atoms with Crippen LogP contribution in [0.5, 0.6) is 0 Å². The van der Waals surface area contributed by atoms with Crippen LogP contribution in [0.3, 0.4) is 0 Å². The second-order valence-electron chi connectivity index (χ2n) is 4.87. The first kappa shape index (κ1) is 13.2. The highest BCUT2D eigenvalue weighted by molar-refractivity contribution is 6.00. The van der Waals surface area contributed by atoms with E-state index in [1.54, 1.807) is 12.4 Å². The molecule has 0 saturated carbocycles. The van der Waals surface area contributed by atoms with Gasteiger partial charge in [0, 0.05) is 36.2 Å². The van der Waals surface area contributed by atoms with Crippen molar-refractivity contribution in [2.75, 3.05) is 0 Å². The Morgan fingerprint density at radius 2 is 2.00 bits per heavy atom. The Kier molecular flexibility index (Phi) is 3.55. The molecule has 0 saturated heterocycles. The van der Waals surface area contributed by atoms with Crippen LogP contribution < -0.4 is 5.73 Å². The Morgan fingerprint density at radius 1 is 1.19 bits per heavy atom. The molecule has 3 N–H and O–H groups in total. The van der Waals surface area contributed by atoms with E-state index in [0.717, 1.165) is 23.9 Å². The van der Waals surface area contributed by atoms with Gasteiger partial charge < -0.3 is 15.5 Å². The van der Waals surface area contributed by atoms with Gasteiger partial charge in [-0.2, -0.15) is 0 Å². The Morgan fingerprint density at radius 3 is 2.76 bits per heavy atom. The fourth-order valence-corrected chi connectivity index (χ4v) is 2.39. The van der Waals surface area contributed by atoms with Gasteiger partial charge in [0.1, 0.15) is 0 Å². The summed E-state index contributed by atoms with van der Waals surface area (Å²) in [5.74, 6) is 0.124. The number of benzene rings is 1. The second-order valence-corrected chi connectivity index (χ2v) is 4.87. The smallest absolute Gasteiger partial charge is 0.170 e. The zero-order chi connectivity index (χ0) is 14.7. The lowest BCUT2D eigenvalue weighted by atomic mass is 10.1. The van der Waals surface area contributed by atoms with Crippen LogP contribution in [0.15, 0.2) is 60.1 Å². The number of fused-ring (bicyclic) bond motifs is 1. The zero-order valence-corrected chi connectivity index (χ0v) is 11.5. The SMILES string of the molecule is N/C(=N/O)c1ccc2ccn(CCc3ccncc3)c2c1. The number of hydrogen-bond acceptors (Lipinski definition) is 3. The highest BCUT2D eigenvalue weighted by Crippen LogP contribution is 2.18. The molecule has 106 valence electrons. The molecule has 0 aliphatic rings. The van der Waals surface area contributed by atoms with E-state index in [1.807, 2.05) is 30.3 Å². The highest BCUT2D eigenvalue weighted by Gasteiger charge is 2.05. The molecule has 0 aliphatic heterocycles. The lowest BCUT2D eigenvalue weighted by Gasteiger charge is -2.07. The maximum atomic E-state index is 8.78. The first-order valence-electron chi connectivity index (χ1n) is 6.73. The third kappa shape index (κ3) is 2.72. The fourth-order valence-electron chi connectivity index (χ4n) is 2.39. The molecular weight excluding hydrogens is 264 g/mol. The fraction of sp³-hybridized carbons (Fsp3) is 0.125. The molecule has 1 aromatic carbocycles. The summed E-state index contributed by atoms with van der Waals surface area (Å²) in [4.78, 5) is 4.02. The van der Waals surface area contributed by atoms with Gasteiger partial charge in [-0.3, -0.25) is 4.98 Å². The van der Waals surface area contributed by atoms with Gasteiger partial charge in [0.2, 0.25) is 0 Å². The number of nitrogens with two attached hydrogens (primary N) is 1. The lowest BCUT2D eigenvalue weighted by Crippen LogP contribution is -2.13. The molecule has 0 bridgehead atoms. The first-order chi connectivity index (χ1) is 10.3. The van der Waals surface area contributed by atoms with E-state index in [1.165, 1.54) is 5.56 Å². The molecular formula is C16H16N4O. The number of pyridine rings is 1. The van der Waals surface area contributed by atoms with E-state index >= 15 is 0 Å². The maximum Gasteiger partial charge on any atom is 0.170 e. The monoisotopic (exact) mass is 280 g/mol. The zero-order valence-electron chi connectivity index (χ0n) is 11.5. The summed E-state index contributed by atoms with van der Waals surface area (Å²) in [6, 6.07) is 11.9. The topological polar surface area (TPSA) is 76.4 Å². The summed E-state index contributed by atoms with van der Waals surface area (Å²) in [7, 11) is 0. The molecule has 3 aromatic rings. The Balaban J connectivity index is 1.88. The van der Waals surface area contributed by atoms with Gasteiger partial charge in [-0.05, 0) is 41.6 Å². The van der Waals surface area contributed by atoms with Gasteiger partial charge in [0.25, 0.3) is 0 Å². The Labute approximate surface area is 122 Å². The van der Waals surface area contributed by atoms with Gasteiger partial charge in [0.15, 0.2) is 5.84 Å². The summed E-state index contributed by atoms with van der Waals surface area (Å²) >= 11 is 0. The van der Waals surface area contributed by atoms with Crippen LogP contribution in [-0.4, -0.2) is 20.6 Å². The number of oxime groups is 1. The third-order valence-electron chi connectivity index (χ3n) is 3.57. The minimum atomic E-state index is 0.124. The number of hydrogen-bond donors (Lipinski definition) is 2. The van der Waals surface area contributed by atoms with Gasteiger partial charge in [0.05, 0.1) is 0 Å². The van der Waals surface area contributed by atoms with Crippen molar-refractivity contribution in [3.05, 3.63) is 66.1 Å². The average Bonchev–Trinajstić information content (AvgIpc) is 2.95. The molecule has 0 atom stereocenters. The Bertz CT molecular complexity index is 777. The van der Waals surface area contributed by atoms with Crippen molar-refractivity contribution in [1.29, 1.82) is 0 Å². The van der Waals surface area contributed by atoms with E-state index in [-0.39, 0.29) is 5.84 Å². The second kappa shape index (κ2) is 5.66. The summed E-state index contributed by atoms with van der Waals surface area (Å²) < 4.78 is 2.17. The third-order valence-corrected chi connectivity index (χ3v) is 3.57. The van der Waals surface area contributed by atoms with Gasteiger partial charge in [-0.15, -0.1) is 0 Å². The van der Waals surface area contributed by atoms with Crippen molar-refractivity contribution in [2.45, 2.75) is 13.0 Å². The summed E-state index contributed by atoms with van der Waals surface area (Å²) in [6.45, 7) is 0.868. The van der Waals surface area contributed by atoms with E-state index in [0.29, 0.717) is 5.56 Å². The van der Waals surface area contributed by atoms with Gasteiger partial charge in [-0.25, -0.2) is 0 Å². The summed E-state index contributed by atoms with van der Waals surface area (Å²) in [6.07, 6.45) is 6.60. The van der Waals surface area contributed by atoms with Crippen LogP contribution >= 0.6 is 0 Å². The molecule has 0 aliphatic carbocycles. The Hall–Kier alpha value is -2.82. The molecule has 0 fully saturated rings. The molecule has 3 rings (SSSR count). The van der Waals surface area contributed by atoms with E-state index in [9.17, 15) is 0 Å². The lowest BCUT2D eigenvalue weighted by molar-refractivity contribution is 0.318. The van der Waals surface area contributed by atoms with E-state index in [4.69, 9.17) is 10.9 Å². The first-order valence-corrected chi connectivity index (χ1v) is 6.73. The largest absolute Gasteiger partial charge is 0.409 e. The molecule has 0 unspecified atom stereocenters. The minimum absolute atomic E-state index is 0.124. The van der Waals surface area contributed by atoms with Crippen LogP contribution in [0.2, 0.25) is 0 Å². The molecule has 21 heavy (non-hydrogen) atoms. The van der Waals surface area contributed by atoms with Gasteiger partial charge >= 0.3 is 0 Å². The predicted octanol–water partition coefficient (Wildman–Crippen LogP) is 2.37. The molecule has 0 radical (unpaired) electrons. The van der Waals surface area contributed by atoms with Crippen molar-refractivity contribution in [3.63, 3.8) is 0 Å². The number of aromatic nitrogens is 2. The van der Waals surface area contributed by atoms with Crippen molar-refractivity contribution < 1.29 is 5.21 Å². The summed E-state index contributed by atoms with van der Waals surface area (Å²) in [5.41, 5.74) is 8.70. The average molecular weight is 280 g/mol. The maximum absolute atomic E-state index is 8.78. The number of rotatable bonds is 4. The minimum Gasteiger partial charge on any atom is -0.409 e. The molecule has 2 aromatic heterocycles. The number of amidine groups is 1. The van der Waals surface area contributed by atoms with E-state index < -0.39 is 0 Å². The molecule has 0 spiro atoms. The van der Waals surface area contributed by atoms with Crippen LogP contribution in [0.1, 0.15) is 11.1 Å². The quantitative estimate of drug-likeness (QED) is 0.333. The molecule has 2 heterocycles. The van der Waals surface area contributed by atoms with Crippen LogP contribution in [0.4, 0.5) is 0 Å². The van der Waals surface area contributed by atoms with E-state index in [2.05, 4.69) is 27.0 Å². The van der Waals surface area contributed by atoms with Crippen molar-refractivity contribution in [2.24, 2.45) is 10.9 Å². The summed E-state index contributed by atoms with van der Waals surface area (Å²) in [5, 5.41) is 13.0.